The zero-order valence-corrected chi connectivity index (χ0v) is 18.8. The number of pyridine rings is 3. The van der Waals surface area contributed by atoms with Gasteiger partial charge in [0, 0.05) is 27.2 Å². The fourth-order valence-corrected chi connectivity index (χ4v) is 5.06. The van der Waals surface area contributed by atoms with Crippen LogP contribution < -0.4 is 0 Å². The third-order valence-electron chi connectivity index (χ3n) is 6.55. The molecule has 0 unspecified atom stereocenters. The molecule has 5 heterocycles. The van der Waals surface area contributed by atoms with Crippen molar-refractivity contribution in [3.8, 4) is 17.7 Å². The van der Waals surface area contributed by atoms with Gasteiger partial charge < -0.3 is 0 Å². The van der Waals surface area contributed by atoms with Crippen molar-refractivity contribution in [3.05, 3.63) is 103 Å². The minimum absolute atomic E-state index is 0.398. The zero-order chi connectivity index (χ0) is 23.5. The molecule has 6 nitrogen and oxygen atoms in total. The van der Waals surface area contributed by atoms with E-state index in [1.807, 2.05) is 55.6 Å². The number of nitrogens with zero attached hydrogens (tertiary/aromatic N) is 6. The van der Waals surface area contributed by atoms with Crippen LogP contribution in [-0.2, 0) is 0 Å². The molecule has 7 rings (SSSR count). The number of hydrogen-bond acceptors (Lipinski definition) is 4. The zero-order valence-electron chi connectivity index (χ0n) is 18.8. The SMILES string of the molecule is Cc1cc2c3ccccc3n(-c3cccc(-n4c5ccccc5c5cc(C#N)ncc54)n3)c2cn1. The second-order valence-corrected chi connectivity index (χ2v) is 8.60. The first-order chi connectivity index (χ1) is 17.2. The molecular weight excluding hydrogens is 432 g/mol. The van der Waals surface area contributed by atoms with Gasteiger partial charge in [0.25, 0.3) is 0 Å². The highest BCUT2D eigenvalue weighted by atomic mass is 15.1. The number of fused-ring (bicyclic) bond motifs is 6. The number of aryl methyl sites for hydroxylation is 1. The fourth-order valence-electron chi connectivity index (χ4n) is 5.06. The average molecular weight is 451 g/mol. The second kappa shape index (κ2) is 7.24. The second-order valence-electron chi connectivity index (χ2n) is 8.60. The molecule has 0 saturated heterocycles. The van der Waals surface area contributed by atoms with Crippen molar-refractivity contribution in [2.75, 3.05) is 0 Å². The van der Waals surface area contributed by atoms with Gasteiger partial charge in [-0.15, -0.1) is 0 Å². The number of para-hydroxylation sites is 2. The van der Waals surface area contributed by atoms with E-state index in [0.29, 0.717) is 5.69 Å². The van der Waals surface area contributed by atoms with E-state index in [0.717, 1.165) is 55.6 Å². The summed E-state index contributed by atoms with van der Waals surface area (Å²) in [5, 5.41) is 13.8. The lowest BCUT2D eigenvalue weighted by Crippen LogP contribution is -2.03. The molecule has 0 bridgehead atoms. The first-order valence-electron chi connectivity index (χ1n) is 11.4. The molecule has 6 heteroatoms. The highest BCUT2D eigenvalue weighted by molar-refractivity contribution is 6.10. The van der Waals surface area contributed by atoms with Crippen LogP contribution in [0, 0.1) is 18.3 Å². The lowest BCUT2D eigenvalue weighted by molar-refractivity contribution is 1.01. The van der Waals surface area contributed by atoms with Crippen LogP contribution in [0.1, 0.15) is 11.4 Å². The molecule has 0 saturated carbocycles. The summed E-state index contributed by atoms with van der Waals surface area (Å²) in [6.45, 7) is 2.01. The number of aromatic nitrogens is 5. The highest BCUT2D eigenvalue weighted by Crippen LogP contribution is 2.34. The summed E-state index contributed by atoms with van der Waals surface area (Å²) in [6.07, 6.45) is 3.68. The van der Waals surface area contributed by atoms with Gasteiger partial charge in [-0.2, -0.15) is 5.26 Å². The van der Waals surface area contributed by atoms with Crippen molar-refractivity contribution in [3.63, 3.8) is 0 Å². The van der Waals surface area contributed by atoms with Crippen LogP contribution in [0.3, 0.4) is 0 Å². The van der Waals surface area contributed by atoms with Crippen molar-refractivity contribution in [2.45, 2.75) is 6.92 Å². The Bertz CT molecular complexity index is 1990. The maximum absolute atomic E-state index is 9.39. The van der Waals surface area contributed by atoms with Crippen molar-refractivity contribution in [1.29, 1.82) is 5.26 Å². The van der Waals surface area contributed by atoms with Gasteiger partial charge in [-0.25, -0.2) is 9.97 Å². The Morgan fingerprint density at radius 3 is 1.83 bits per heavy atom. The molecule has 5 aromatic heterocycles. The summed E-state index contributed by atoms with van der Waals surface area (Å²) in [5.41, 5.74) is 5.41. The van der Waals surface area contributed by atoms with Gasteiger partial charge in [0.15, 0.2) is 0 Å². The Morgan fingerprint density at radius 1 is 0.629 bits per heavy atom. The van der Waals surface area contributed by atoms with Gasteiger partial charge in [0.1, 0.15) is 23.4 Å². The van der Waals surface area contributed by atoms with Crippen molar-refractivity contribution < 1.29 is 0 Å². The summed E-state index contributed by atoms with van der Waals surface area (Å²) >= 11 is 0. The summed E-state index contributed by atoms with van der Waals surface area (Å²) in [7, 11) is 0. The van der Waals surface area contributed by atoms with Crippen LogP contribution in [0.2, 0.25) is 0 Å². The molecular formula is C29H18N6. The average Bonchev–Trinajstić information content (AvgIpc) is 3.41. The molecule has 0 N–H and O–H groups in total. The standard InChI is InChI=1S/C29H18N6/c1-18-13-22-20-7-2-4-9-24(20)34(26(22)16-31-18)28-11-6-12-29(33-28)35-25-10-5-3-8-21(25)23-14-19(15-30)32-17-27(23)35/h2-14,16-17H,1H3. The molecule has 0 aliphatic heterocycles. The number of benzene rings is 2. The van der Waals surface area contributed by atoms with Crippen LogP contribution in [0.5, 0.6) is 0 Å². The van der Waals surface area contributed by atoms with E-state index in [1.165, 1.54) is 5.39 Å². The Hall–Kier alpha value is -5.02. The summed E-state index contributed by atoms with van der Waals surface area (Å²) in [6, 6.07) is 28.7. The topological polar surface area (TPSA) is 72.3 Å². The minimum atomic E-state index is 0.398. The molecule has 2 aromatic carbocycles. The lowest BCUT2D eigenvalue weighted by atomic mass is 10.2. The molecule has 0 aliphatic rings. The largest absolute Gasteiger partial charge is 0.292 e. The normalized spacial score (nSPS) is 11.5. The minimum Gasteiger partial charge on any atom is -0.292 e. The van der Waals surface area contributed by atoms with Crippen molar-refractivity contribution in [1.82, 2.24) is 24.1 Å². The lowest BCUT2D eigenvalue weighted by Gasteiger charge is -2.11. The maximum Gasteiger partial charge on any atom is 0.141 e. The number of rotatable bonds is 2. The van der Waals surface area contributed by atoms with E-state index in [9.17, 15) is 5.26 Å². The summed E-state index contributed by atoms with van der Waals surface area (Å²) in [5.74, 6) is 1.60. The van der Waals surface area contributed by atoms with Crippen molar-refractivity contribution >= 4 is 43.6 Å². The maximum atomic E-state index is 9.39. The first-order valence-corrected chi connectivity index (χ1v) is 11.4. The Morgan fingerprint density at radius 2 is 1.20 bits per heavy atom. The van der Waals surface area contributed by atoms with Crippen LogP contribution in [-0.4, -0.2) is 24.1 Å². The third-order valence-corrected chi connectivity index (χ3v) is 6.55. The molecule has 164 valence electrons. The van der Waals surface area contributed by atoms with Gasteiger partial charge in [-0.3, -0.25) is 14.1 Å². The van der Waals surface area contributed by atoms with Crippen LogP contribution in [0.15, 0.2) is 91.3 Å². The first kappa shape index (κ1) is 19.4. The van der Waals surface area contributed by atoms with Crippen LogP contribution in [0.4, 0.5) is 0 Å². The fraction of sp³-hybridized carbons (Fsp3) is 0.0345. The smallest absolute Gasteiger partial charge is 0.141 e. The molecule has 0 aliphatic carbocycles. The van der Waals surface area contributed by atoms with Gasteiger partial charge in [-0.1, -0.05) is 42.5 Å². The Labute approximate surface area is 200 Å². The molecule has 0 amide bonds. The van der Waals surface area contributed by atoms with E-state index in [-0.39, 0.29) is 0 Å². The molecule has 0 fully saturated rings. The van der Waals surface area contributed by atoms with Crippen LogP contribution in [0.25, 0.3) is 55.2 Å². The quantitative estimate of drug-likeness (QED) is 0.312. The molecule has 0 spiro atoms. The Balaban J connectivity index is 1.54. The van der Waals surface area contributed by atoms with Crippen molar-refractivity contribution in [2.24, 2.45) is 0 Å². The van der Waals surface area contributed by atoms with Gasteiger partial charge >= 0.3 is 0 Å². The van der Waals surface area contributed by atoms with E-state index in [2.05, 4.69) is 61.6 Å². The molecule has 35 heavy (non-hydrogen) atoms. The van der Waals surface area contributed by atoms with E-state index in [4.69, 9.17) is 4.98 Å². The molecule has 7 aromatic rings. The van der Waals surface area contributed by atoms with E-state index >= 15 is 0 Å². The summed E-state index contributed by atoms with van der Waals surface area (Å²) < 4.78 is 4.28. The van der Waals surface area contributed by atoms with Gasteiger partial charge in [0.05, 0.1) is 34.5 Å². The summed E-state index contributed by atoms with van der Waals surface area (Å²) in [4.78, 5) is 14.0. The highest BCUT2D eigenvalue weighted by Gasteiger charge is 2.17. The monoisotopic (exact) mass is 450 g/mol. The third kappa shape index (κ3) is 2.79. The molecule has 0 atom stereocenters. The van der Waals surface area contributed by atoms with E-state index < -0.39 is 0 Å². The van der Waals surface area contributed by atoms with E-state index in [1.54, 1.807) is 6.20 Å². The number of nitriles is 1. The van der Waals surface area contributed by atoms with Crippen LogP contribution >= 0.6 is 0 Å². The molecule has 0 radical (unpaired) electrons. The van der Waals surface area contributed by atoms with Gasteiger partial charge in [0.2, 0.25) is 0 Å². The van der Waals surface area contributed by atoms with Gasteiger partial charge in [-0.05, 0) is 43.3 Å². The Kier molecular flexibility index (Phi) is 4.02. The predicted octanol–water partition coefficient (Wildman–Crippen LogP) is 6.25. The number of hydrogen-bond donors (Lipinski definition) is 0. The predicted molar refractivity (Wildman–Crippen MR) is 138 cm³/mol.